The van der Waals surface area contributed by atoms with Crippen molar-refractivity contribution in [1.82, 2.24) is 9.97 Å². The molecule has 3 aromatic rings. The highest BCUT2D eigenvalue weighted by molar-refractivity contribution is 6.03. The molecule has 0 radical (unpaired) electrons. The van der Waals surface area contributed by atoms with Crippen LogP contribution in [-0.2, 0) is 6.18 Å². The summed E-state index contributed by atoms with van der Waals surface area (Å²) in [6.45, 7) is 0. The predicted octanol–water partition coefficient (Wildman–Crippen LogP) is 4.77. The van der Waals surface area contributed by atoms with E-state index in [1.165, 1.54) is 18.2 Å². The van der Waals surface area contributed by atoms with Gasteiger partial charge in [-0.1, -0.05) is 12.1 Å². The standard InChI is InChI=1S/C18H11F5N4O/c19-12-5-2-6-13(20)15(12)27-17-24-8-7-14(26-17)16(28)25-11-4-1-3-10(9-11)18(21,22)23/h1-9H,(H,25,28)(H,24,26,27). The van der Waals surface area contributed by atoms with Crippen LogP contribution in [0.1, 0.15) is 16.1 Å². The lowest BCUT2D eigenvalue weighted by Crippen LogP contribution is -2.15. The highest BCUT2D eigenvalue weighted by Gasteiger charge is 2.30. The van der Waals surface area contributed by atoms with Gasteiger partial charge >= 0.3 is 6.18 Å². The van der Waals surface area contributed by atoms with Crippen molar-refractivity contribution in [3.63, 3.8) is 0 Å². The van der Waals surface area contributed by atoms with E-state index in [0.717, 1.165) is 36.5 Å². The molecule has 0 aliphatic heterocycles. The molecule has 0 saturated heterocycles. The number of carbonyl (C=O) groups excluding carboxylic acids is 1. The van der Waals surface area contributed by atoms with Gasteiger partial charge in [-0.25, -0.2) is 18.7 Å². The molecule has 2 N–H and O–H groups in total. The fraction of sp³-hybridized carbons (Fsp3) is 0.0556. The Morgan fingerprint density at radius 2 is 1.64 bits per heavy atom. The molecule has 144 valence electrons. The van der Waals surface area contributed by atoms with Gasteiger partial charge < -0.3 is 10.6 Å². The molecule has 0 fully saturated rings. The zero-order valence-electron chi connectivity index (χ0n) is 13.9. The minimum absolute atomic E-state index is 0.0897. The summed E-state index contributed by atoms with van der Waals surface area (Å²) in [6.07, 6.45) is -3.40. The van der Waals surface area contributed by atoms with Crippen molar-refractivity contribution in [2.24, 2.45) is 0 Å². The fourth-order valence-electron chi connectivity index (χ4n) is 2.24. The number of nitrogens with zero attached hydrogens (tertiary/aromatic N) is 2. The van der Waals surface area contributed by atoms with Crippen LogP contribution in [0.3, 0.4) is 0 Å². The van der Waals surface area contributed by atoms with Gasteiger partial charge in [-0.15, -0.1) is 0 Å². The van der Waals surface area contributed by atoms with Crippen LogP contribution in [0, 0.1) is 11.6 Å². The van der Waals surface area contributed by atoms with E-state index in [4.69, 9.17) is 0 Å². The molecule has 1 aromatic heterocycles. The van der Waals surface area contributed by atoms with Crippen LogP contribution < -0.4 is 10.6 Å². The van der Waals surface area contributed by atoms with E-state index in [1.807, 2.05) is 0 Å². The summed E-state index contributed by atoms with van der Waals surface area (Å²) in [6, 6.07) is 8.49. The molecular formula is C18H11F5N4O. The van der Waals surface area contributed by atoms with Crippen molar-refractivity contribution >= 4 is 23.2 Å². The number of benzene rings is 2. The fourth-order valence-corrected chi connectivity index (χ4v) is 2.24. The number of hydrogen-bond acceptors (Lipinski definition) is 4. The average Bonchev–Trinajstić information content (AvgIpc) is 2.65. The molecule has 2 aromatic carbocycles. The van der Waals surface area contributed by atoms with Crippen LogP contribution in [0.15, 0.2) is 54.7 Å². The first-order valence-electron chi connectivity index (χ1n) is 7.77. The Bertz CT molecular complexity index is 1000. The minimum atomic E-state index is -4.56. The molecule has 1 heterocycles. The van der Waals surface area contributed by atoms with Gasteiger partial charge in [-0.2, -0.15) is 13.2 Å². The molecule has 10 heteroatoms. The van der Waals surface area contributed by atoms with Gasteiger partial charge in [0.25, 0.3) is 5.91 Å². The molecule has 0 aliphatic carbocycles. The zero-order chi connectivity index (χ0) is 20.3. The molecular weight excluding hydrogens is 383 g/mol. The second kappa shape index (κ2) is 7.59. The van der Waals surface area contributed by atoms with Gasteiger partial charge in [0.05, 0.1) is 5.56 Å². The highest BCUT2D eigenvalue weighted by atomic mass is 19.4. The van der Waals surface area contributed by atoms with Gasteiger partial charge in [0.1, 0.15) is 23.0 Å². The van der Waals surface area contributed by atoms with Gasteiger partial charge in [-0.3, -0.25) is 4.79 Å². The van der Waals surface area contributed by atoms with Crippen LogP contribution in [0.5, 0.6) is 0 Å². The van der Waals surface area contributed by atoms with Crippen molar-refractivity contribution in [2.75, 3.05) is 10.6 Å². The lowest BCUT2D eigenvalue weighted by molar-refractivity contribution is -0.137. The number of rotatable bonds is 4. The second-order valence-electron chi connectivity index (χ2n) is 5.52. The van der Waals surface area contributed by atoms with E-state index in [-0.39, 0.29) is 17.3 Å². The SMILES string of the molecule is O=C(Nc1cccc(C(F)(F)F)c1)c1ccnc(Nc2c(F)cccc2F)n1. The first-order chi connectivity index (χ1) is 13.2. The summed E-state index contributed by atoms with van der Waals surface area (Å²) in [7, 11) is 0. The summed E-state index contributed by atoms with van der Waals surface area (Å²) < 4.78 is 65.6. The quantitative estimate of drug-likeness (QED) is 0.626. The Balaban J connectivity index is 1.80. The third kappa shape index (κ3) is 4.40. The zero-order valence-corrected chi connectivity index (χ0v) is 13.9. The molecule has 5 nitrogen and oxygen atoms in total. The lowest BCUT2D eigenvalue weighted by atomic mass is 10.2. The third-order valence-corrected chi connectivity index (χ3v) is 3.54. The second-order valence-corrected chi connectivity index (χ2v) is 5.52. The summed E-state index contributed by atoms with van der Waals surface area (Å²) in [5.74, 6) is -2.86. The van der Waals surface area contributed by atoms with Gasteiger partial charge in [-0.05, 0) is 36.4 Å². The first kappa shape index (κ1) is 19.2. The minimum Gasteiger partial charge on any atom is -0.321 e. The summed E-state index contributed by atoms with van der Waals surface area (Å²) in [4.78, 5) is 19.9. The largest absolute Gasteiger partial charge is 0.416 e. The molecule has 0 saturated carbocycles. The molecule has 0 unspecified atom stereocenters. The van der Waals surface area contributed by atoms with E-state index >= 15 is 0 Å². The Labute approximate surface area is 155 Å². The Hall–Kier alpha value is -3.56. The normalized spacial score (nSPS) is 11.2. The van der Waals surface area contributed by atoms with Crippen LogP contribution in [-0.4, -0.2) is 15.9 Å². The number of hydrogen-bond donors (Lipinski definition) is 2. The van der Waals surface area contributed by atoms with E-state index in [9.17, 15) is 26.7 Å². The number of amides is 1. The van der Waals surface area contributed by atoms with Crippen LogP contribution in [0.4, 0.5) is 39.3 Å². The average molecular weight is 394 g/mol. The molecule has 3 rings (SSSR count). The number of para-hydroxylation sites is 1. The predicted molar refractivity (Wildman–Crippen MR) is 91.1 cm³/mol. The Morgan fingerprint density at radius 3 is 2.32 bits per heavy atom. The number of alkyl halides is 3. The smallest absolute Gasteiger partial charge is 0.321 e. The lowest BCUT2D eigenvalue weighted by Gasteiger charge is -2.10. The Morgan fingerprint density at radius 1 is 0.964 bits per heavy atom. The van der Waals surface area contributed by atoms with Crippen molar-refractivity contribution in [3.05, 3.63) is 77.6 Å². The monoisotopic (exact) mass is 394 g/mol. The third-order valence-electron chi connectivity index (χ3n) is 3.54. The maximum atomic E-state index is 13.7. The molecule has 1 amide bonds. The van der Waals surface area contributed by atoms with Crippen molar-refractivity contribution in [1.29, 1.82) is 0 Å². The number of halogens is 5. The maximum absolute atomic E-state index is 13.7. The van der Waals surface area contributed by atoms with Crippen molar-refractivity contribution in [2.45, 2.75) is 6.18 Å². The highest BCUT2D eigenvalue weighted by Crippen LogP contribution is 2.30. The molecule has 0 bridgehead atoms. The van der Waals surface area contributed by atoms with E-state index in [0.29, 0.717) is 0 Å². The van der Waals surface area contributed by atoms with E-state index in [1.54, 1.807) is 0 Å². The molecule has 0 aliphatic rings. The maximum Gasteiger partial charge on any atom is 0.416 e. The number of carbonyl (C=O) groups is 1. The molecule has 0 atom stereocenters. The number of aromatic nitrogens is 2. The number of nitrogens with one attached hydrogen (secondary N) is 2. The van der Waals surface area contributed by atoms with E-state index < -0.39 is 35.0 Å². The Kier molecular flexibility index (Phi) is 5.21. The van der Waals surface area contributed by atoms with Gasteiger partial charge in [0.2, 0.25) is 5.95 Å². The van der Waals surface area contributed by atoms with Crippen molar-refractivity contribution < 1.29 is 26.7 Å². The van der Waals surface area contributed by atoms with Crippen LogP contribution >= 0.6 is 0 Å². The molecule has 28 heavy (non-hydrogen) atoms. The van der Waals surface area contributed by atoms with Gasteiger partial charge in [0, 0.05) is 11.9 Å². The first-order valence-corrected chi connectivity index (χ1v) is 7.77. The van der Waals surface area contributed by atoms with Gasteiger partial charge in [0.15, 0.2) is 0 Å². The van der Waals surface area contributed by atoms with Crippen LogP contribution in [0.2, 0.25) is 0 Å². The summed E-state index contributed by atoms with van der Waals surface area (Å²) >= 11 is 0. The van der Waals surface area contributed by atoms with Crippen molar-refractivity contribution in [3.8, 4) is 0 Å². The number of anilines is 3. The summed E-state index contributed by atoms with van der Waals surface area (Å²) in [5.41, 5.74) is -1.73. The van der Waals surface area contributed by atoms with E-state index in [2.05, 4.69) is 20.6 Å². The molecule has 0 spiro atoms. The topological polar surface area (TPSA) is 66.9 Å². The summed E-state index contributed by atoms with van der Waals surface area (Å²) in [5, 5.41) is 4.61. The van der Waals surface area contributed by atoms with Crippen LogP contribution in [0.25, 0.3) is 0 Å².